The van der Waals surface area contributed by atoms with Gasteiger partial charge in [0.1, 0.15) is 0 Å². The lowest BCUT2D eigenvalue weighted by molar-refractivity contribution is 0.146. The van der Waals surface area contributed by atoms with Gasteiger partial charge in [0.05, 0.1) is 5.69 Å². The van der Waals surface area contributed by atoms with Gasteiger partial charge in [0, 0.05) is 19.4 Å². The van der Waals surface area contributed by atoms with E-state index in [1.165, 1.54) is 18.6 Å². The van der Waals surface area contributed by atoms with Crippen molar-refractivity contribution in [2.45, 2.75) is 25.7 Å². The number of hydrogen-bond acceptors (Lipinski definition) is 3. The Kier molecular flexibility index (Phi) is 4.56. The van der Waals surface area contributed by atoms with Crippen LogP contribution in [-0.4, -0.2) is 19.4 Å². The minimum Gasteiger partial charge on any atom is -0.384 e. The number of para-hydroxylation sites is 1. The van der Waals surface area contributed by atoms with Gasteiger partial charge in [-0.1, -0.05) is 18.2 Å². The van der Waals surface area contributed by atoms with Crippen molar-refractivity contribution >= 4 is 11.4 Å². The molecule has 0 aliphatic heterocycles. The Morgan fingerprint density at radius 3 is 2.94 bits per heavy atom. The van der Waals surface area contributed by atoms with Crippen molar-refractivity contribution in [2.24, 2.45) is 11.0 Å². The molecule has 1 saturated carbocycles. The van der Waals surface area contributed by atoms with E-state index >= 15 is 0 Å². The van der Waals surface area contributed by atoms with E-state index in [0.717, 1.165) is 25.1 Å². The molecule has 0 saturated heterocycles. The number of rotatable bonds is 4. The molecule has 0 heterocycles. The van der Waals surface area contributed by atoms with Crippen molar-refractivity contribution in [2.75, 3.05) is 19.1 Å². The summed E-state index contributed by atoms with van der Waals surface area (Å²) in [4.78, 5) is 0. The monoisotopic (exact) mass is 232 g/mol. The van der Waals surface area contributed by atoms with E-state index in [1.54, 1.807) is 7.11 Å². The first-order valence-corrected chi connectivity index (χ1v) is 6.24. The van der Waals surface area contributed by atoms with Crippen molar-refractivity contribution in [3.05, 3.63) is 30.3 Å². The molecule has 92 valence electrons. The molecule has 1 fully saturated rings. The normalized spacial score (nSPS) is 22.6. The molecule has 3 heteroatoms. The summed E-state index contributed by atoms with van der Waals surface area (Å²) in [5.41, 5.74) is 5.44. The molecule has 1 aromatic rings. The van der Waals surface area contributed by atoms with Gasteiger partial charge < -0.3 is 4.74 Å². The molecule has 0 aromatic heterocycles. The van der Waals surface area contributed by atoms with Gasteiger partial charge in [0.15, 0.2) is 0 Å². The molecular formula is C14H20N2O. The van der Waals surface area contributed by atoms with Crippen LogP contribution in [0, 0.1) is 5.92 Å². The summed E-state index contributed by atoms with van der Waals surface area (Å²) in [7, 11) is 1.77. The minimum atomic E-state index is 0.644. The number of hydrogen-bond donors (Lipinski definition) is 1. The summed E-state index contributed by atoms with van der Waals surface area (Å²) < 4.78 is 5.22. The van der Waals surface area contributed by atoms with Crippen LogP contribution in [0.5, 0.6) is 0 Å². The second kappa shape index (κ2) is 6.40. The van der Waals surface area contributed by atoms with Crippen LogP contribution < -0.4 is 5.43 Å². The Morgan fingerprint density at radius 2 is 2.18 bits per heavy atom. The molecule has 2 rings (SSSR count). The maximum atomic E-state index is 5.22. The summed E-state index contributed by atoms with van der Waals surface area (Å²) >= 11 is 0. The first-order chi connectivity index (χ1) is 8.38. The Morgan fingerprint density at radius 1 is 1.35 bits per heavy atom. The van der Waals surface area contributed by atoms with Crippen molar-refractivity contribution < 1.29 is 4.74 Å². The molecule has 0 bridgehead atoms. The molecule has 1 aliphatic carbocycles. The van der Waals surface area contributed by atoms with E-state index in [0.29, 0.717) is 5.92 Å². The molecular weight excluding hydrogens is 212 g/mol. The Labute approximate surface area is 103 Å². The van der Waals surface area contributed by atoms with Crippen molar-refractivity contribution in [3.63, 3.8) is 0 Å². The van der Waals surface area contributed by atoms with E-state index in [2.05, 4.69) is 10.5 Å². The van der Waals surface area contributed by atoms with Crippen LogP contribution >= 0.6 is 0 Å². The summed E-state index contributed by atoms with van der Waals surface area (Å²) in [5, 5.41) is 4.50. The lowest BCUT2D eigenvalue weighted by Gasteiger charge is -2.22. The number of ether oxygens (including phenoxy) is 1. The Balaban J connectivity index is 1.88. The third-order valence-corrected chi connectivity index (χ3v) is 3.12. The van der Waals surface area contributed by atoms with Gasteiger partial charge in [-0.2, -0.15) is 5.10 Å². The summed E-state index contributed by atoms with van der Waals surface area (Å²) in [6.45, 7) is 0.852. The van der Waals surface area contributed by atoms with Crippen molar-refractivity contribution in [3.8, 4) is 0 Å². The van der Waals surface area contributed by atoms with Crippen LogP contribution in [-0.2, 0) is 4.74 Å². The number of hydrazone groups is 1. The fourth-order valence-electron chi connectivity index (χ4n) is 2.27. The quantitative estimate of drug-likeness (QED) is 0.808. The second-order valence-electron chi connectivity index (χ2n) is 4.57. The lowest BCUT2D eigenvalue weighted by atomic mass is 9.88. The van der Waals surface area contributed by atoms with E-state index < -0.39 is 0 Å². The van der Waals surface area contributed by atoms with E-state index in [1.807, 2.05) is 30.3 Å². The molecule has 17 heavy (non-hydrogen) atoms. The zero-order valence-electron chi connectivity index (χ0n) is 10.4. The number of nitrogens with zero attached hydrogens (tertiary/aromatic N) is 1. The topological polar surface area (TPSA) is 33.6 Å². The zero-order chi connectivity index (χ0) is 11.9. The summed E-state index contributed by atoms with van der Waals surface area (Å²) in [6, 6.07) is 10.1. The van der Waals surface area contributed by atoms with Gasteiger partial charge >= 0.3 is 0 Å². The maximum Gasteiger partial charge on any atom is 0.0561 e. The van der Waals surface area contributed by atoms with Crippen LogP contribution in [0.1, 0.15) is 25.7 Å². The fraction of sp³-hybridized carbons (Fsp3) is 0.500. The number of anilines is 1. The third-order valence-electron chi connectivity index (χ3n) is 3.12. The highest BCUT2D eigenvalue weighted by Crippen LogP contribution is 2.22. The maximum absolute atomic E-state index is 5.22. The lowest BCUT2D eigenvalue weighted by Crippen LogP contribution is -2.20. The third kappa shape index (κ3) is 3.86. The molecule has 1 aliphatic rings. The molecule has 0 spiro atoms. The molecule has 0 radical (unpaired) electrons. The first kappa shape index (κ1) is 12.1. The number of nitrogens with one attached hydrogen (secondary N) is 1. The molecule has 1 unspecified atom stereocenters. The Hall–Kier alpha value is -1.35. The summed E-state index contributed by atoms with van der Waals surface area (Å²) in [5.74, 6) is 0.644. The van der Waals surface area contributed by atoms with Crippen molar-refractivity contribution in [1.82, 2.24) is 0 Å². The molecule has 1 N–H and O–H groups in total. The van der Waals surface area contributed by atoms with Crippen molar-refractivity contribution in [1.29, 1.82) is 0 Å². The minimum absolute atomic E-state index is 0.644. The van der Waals surface area contributed by atoms with Crippen LogP contribution in [0.2, 0.25) is 0 Å². The largest absolute Gasteiger partial charge is 0.384 e. The van der Waals surface area contributed by atoms with E-state index in [-0.39, 0.29) is 0 Å². The van der Waals surface area contributed by atoms with Crippen LogP contribution in [0.4, 0.5) is 5.69 Å². The van der Waals surface area contributed by atoms with Gasteiger partial charge in [-0.15, -0.1) is 0 Å². The molecule has 1 aromatic carbocycles. The highest BCUT2D eigenvalue weighted by atomic mass is 16.5. The molecule has 1 atom stereocenters. The van der Waals surface area contributed by atoms with Gasteiger partial charge in [-0.25, -0.2) is 0 Å². The average molecular weight is 232 g/mol. The van der Waals surface area contributed by atoms with Gasteiger partial charge in [0.25, 0.3) is 0 Å². The Bertz CT molecular complexity index is 360. The smallest absolute Gasteiger partial charge is 0.0561 e. The molecule has 3 nitrogen and oxygen atoms in total. The predicted molar refractivity (Wildman–Crippen MR) is 71.3 cm³/mol. The summed E-state index contributed by atoms with van der Waals surface area (Å²) in [6.07, 6.45) is 4.66. The SMILES string of the molecule is COCC1CCCC(=NNc2ccccc2)C1. The predicted octanol–water partition coefficient (Wildman–Crippen LogP) is 3.29. The van der Waals surface area contributed by atoms with Crippen LogP contribution in [0.15, 0.2) is 35.4 Å². The van der Waals surface area contributed by atoms with Gasteiger partial charge in [0.2, 0.25) is 0 Å². The van der Waals surface area contributed by atoms with E-state index in [9.17, 15) is 0 Å². The zero-order valence-corrected chi connectivity index (χ0v) is 10.4. The highest BCUT2D eigenvalue weighted by molar-refractivity contribution is 5.86. The van der Waals surface area contributed by atoms with Gasteiger partial charge in [-0.3, -0.25) is 5.43 Å². The number of methoxy groups -OCH3 is 1. The van der Waals surface area contributed by atoms with Crippen LogP contribution in [0.3, 0.4) is 0 Å². The second-order valence-corrected chi connectivity index (χ2v) is 4.57. The van der Waals surface area contributed by atoms with E-state index in [4.69, 9.17) is 4.74 Å². The standard InChI is InChI=1S/C14H20N2O/c1-17-11-12-6-5-9-14(10-12)16-15-13-7-3-2-4-8-13/h2-4,7-8,12,15H,5-6,9-11H2,1H3. The van der Waals surface area contributed by atoms with Crippen LogP contribution in [0.25, 0.3) is 0 Å². The highest BCUT2D eigenvalue weighted by Gasteiger charge is 2.17. The average Bonchev–Trinajstić information content (AvgIpc) is 2.39. The molecule has 0 amide bonds. The van der Waals surface area contributed by atoms with Gasteiger partial charge in [-0.05, 0) is 43.7 Å². The first-order valence-electron chi connectivity index (χ1n) is 6.24. The number of benzene rings is 1. The fourth-order valence-corrected chi connectivity index (χ4v) is 2.27.